The number of nitrogens with two attached hydrogens (primary N) is 1. The van der Waals surface area contributed by atoms with Crippen molar-refractivity contribution < 1.29 is 9.53 Å². The van der Waals surface area contributed by atoms with Crippen molar-refractivity contribution in [1.29, 1.82) is 0 Å². The normalized spacial score (nSPS) is 15.0. The van der Waals surface area contributed by atoms with E-state index >= 15 is 0 Å². The molecule has 22 heavy (non-hydrogen) atoms. The highest BCUT2D eigenvalue weighted by atomic mass is 16.5. The van der Waals surface area contributed by atoms with Crippen molar-refractivity contribution in [3.8, 4) is 5.75 Å². The van der Waals surface area contributed by atoms with Crippen LogP contribution in [0.3, 0.4) is 0 Å². The molecule has 1 heterocycles. The number of hydrogen-bond donors (Lipinski definition) is 2. The molecule has 114 valence electrons. The number of carbonyl (C=O) groups excluding carboxylic acids is 1. The maximum atomic E-state index is 11.0. The van der Waals surface area contributed by atoms with Crippen LogP contribution in [0.2, 0.25) is 0 Å². The van der Waals surface area contributed by atoms with Gasteiger partial charge in [-0.1, -0.05) is 12.1 Å². The smallest absolute Gasteiger partial charge is 0.248 e. The molecule has 0 spiro atoms. The molecule has 0 saturated carbocycles. The van der Waals surface area contributed by atoms with Gasteiger partial charge in [0.05, 0.1) is 0 Å². The van der Waals surface area contributed by atoms with Gasteiger partial charge in [-0.2, -0.15) is 0 Å². The second-order valence-corrected chi connectivity index (χ2v) is 6.28. The highest BCUT2D eigenvalue weighted by molar-refractivity contribution is 5.93. The second-order valence-electron chi connectivity index (χ2n) is 6.28. The van der Waals surface area contributed by atoms with Crippen molar-refractivity contribution >= 4 is 11.6 Å². The molecule has 3 rings (SSSR count). The number of carbonyl (C=O) groups is 1. The number of primary amides is 1. The molecular weight excluding hydrogens is 276 g/mol. The highest BCUT2D eigenvalue weighted by Gasteiger charge is 2.29. The number of amides is 1. The average molecular weight is 296 g/mol. The van der Waals surface area contributed by atoms with Gasteiger partial charge in [0.2, 0.25) is 5.91 Å². The minimum atomic E-state index is -0.409. The summed E-state index contributed by atoms with van der Waals surface area (Å²) in [7, 11) is 0. The van der Waals surface area contributed by atoms with Crippen LogP contribution in [-0.2, 0) is 13.0 Å². The van der Waals surface area contributed by atoms with Gasteiger partial charge < -0.3 is 15.8 Å². The Bertz CT molecular complexity index is 706. The van der Waals surface area contributed by atoms with Crippen LogP contribution < -0.4 is 15.8 Å². The van der Waals surface area contributed by atoms with Crippen molar-refractivity contribution in [3.63, 3.8) is 0 Å². The van der Waals surface area contributed by atoms with Gasteiger partial charge in [-0.3, -0.25) is 4.79 Å². The first-order valence-electron chi connectivity index (χ1n) is 7.37. The van der Waals surface area contributed by atoms with Crippen LogP contribution in [0.1, 0.15) is 35.3 Å². The van der Waals surface area contributed by atoms with Gasteiger partial charge in [0.15, 0.2) is 0 Å². The standard InChI is InChI=1S/C18H20N2O2/c1-18(2)10-14-9-12(3-8-16(14)22-18)11-20-15-6-4-13(5-7-15)17(19)21/h3-9,20H,10-11H2,1-2H3,(H2,19,21). The molecule has 0 fully saturated rings. The molecule has 0 radical (unpaired) electrons. The van der Waals surface area contributed by atoms with Crippen LogP contribution in [0.15, 0.2) is 42.5 Å². The summed E-state index contributed by atoms with van der Waals surface area (Å²) in [6.45, 7) is 4.93. The van der Waals surface area contributed by atoms with E-state index in [4.69, 9.17) is 10.5 Å². The molecular formula is C18H20N2O2. The summed E-state index contributed by atoms with van der Waals surface area (Å²) in [5.41, 5.74) is 9.06. The van der Waals surface area contributed by atoms with E-state index in [-0.39, 0.29) is 5.60 Å². The van der Waals surface area contributed by atoms with Crippen molar-refractivity contribution in [2.24, 2.45) is 5.73 Å². The van der Waals surface area contributed by atoms with Crippen molar-refractivity contribution in [2.45, 2.75) is 32.4 Å². The Morgan fingerprint density at radius 3 is 2.64 bits per heavy atom. The van der Waals surface area contributed by atoms with Crippen molar-refractivity contribution in [1.82, 2.24) is 0 Å². The van der Waals surface area contributed by atoms with E-state index in [9.17, 15) is 4.79 Å². The summed E-state index contributed by atoms with van der Waals surface area (Å²) in [6, 6.07) is 13.5. The van der Waals surface area contributed by atoms with Crippen LogP contribution in [-0.4, -0.2) is 11.5 Å². The van der Waals surface area contributed by atoms with Crippen LogP contribution in [0.4, 0.5) is 5.69 Å². The lowest BCUT2D eigenvalue weighted by Crippen LogP contribution is -2.24. The molecule has 0 atom stereocenters. The molecule has 0 aliphatic carbocycles. The number of ether oxygens (including phenoxy) is 1. The predicted octanol–water partition coefficient (Wildman–Crippen LogP) is 3.11. The Kier molecular flexibility index (Phi) is 3.53. The van der Waals surface area contributed by atoms with E-state index in [1.165, 1.54) is 11.1 Å². The van der Waals surface area contributed by atoms with Crippen LogP contribution in [0, 0.1) is 0 Å². The predicted molar refractivity (Wildman–Crippen MR) is 87.1 cm³/mol. The minimum absolute atomic E-state index is 0.112. The lowest BCUT2D eigenvalue weighted by molar-refractivity contribution is 0.1000. The maximum Gasteiger partial charge on any atom is 0.248 e. The quantitative estimate of drug-likeness (QED) is 0.911. The first-order valence-corrected chi connectivity index (χ1v) is 7.37. The Hall–Kier alpha value is -2.49. The monoisotopic (exact) mass is 296 g/mol. The Morgan fingerprint density at radius 1 is 1.23 bits per heavy atom. The van der Waals surface area contributed by atoms with E-state index in [0.29, 0.717) is 5.56 Å². The third-order valence-electron chi connectivity index (χ3n) is 3.79. The molecule has 2 aromatic rings. The summed E-state index contributed by atoms with van der Waals surface area (Å²) in [5, 5.41) is 3.35. The number of fused-ring (bicyclic) bond motifs is 1. The van der Waals surface area contributed by atoms with E-state index in [2.05, 4.69) is 31.3 Å². The van der Waals surface area contributed by atoms with E-state index in [0.717, 1.165) is 24.4 Å². The molecule has 0 unspecified atom stereocenters. The summed E-state index contributed by atoms with van der Waals surface area (Å²) in [5.74, 6) is 0.576. The second kappa shape index (κ2) is 5.37. The molecule has 2 aromatic carbocycles. The fraction of sp³-hybridized carbons (Fsp3) is 0.278. The fourth-order valence-corrected chi connectivity index (χ4v) is 2.73. The Labute approximate surface area is 130 Å². The molecule has 1 aliphatic heterocycles. The maximum absolute atomic E-state index is 11.0. The molecule has 0 aromatic heterocycles. The zero-order chi connectivity index (χ0) is 15.7. The minimum Gasteiger partial charge on any atom is -0.487 e. The summed E-state index contributed by atoms with van der Waals surface area (Å²) < 4.78 is 5.88. The van der Waals surface area contributed by atoms with Gasteiger partial charge >= 0.3 is 0 Å². The first kappa shape index (κ1) is 14.4. The number of benzene rings is 2. The summed E-state index contributed by atoms with van der Waals surface area (Å²) >= 11 is 0. The number of anilines is 1. The fourth-order valence-electron chi connectivity index (χ4n) is 2.73. The third-order valence-corrected chi connectivity index (χ3v) is 3.79. The zero-order valence-corrected chi connectivity index (χ0v) is 12.8. The lowest BCUT2D eigenvalue weighted by Gasteiger charge is -2.16. The van der Waals surface area contributed by atoms with Crippen LogP contribution >= 0.6 is 0 Å². The van der Waals surface area contributed by atoms with Gasteiger partial charge in [-0.25, -0.2) is 0 Å². The number of nitrogens with one attached hydrogen (secondary N) is 1. The first-order chi connectivity index (χ1) is 10.4. The molecule has 1 aliphatic rings. The van der Waals surface area contributed by atoms with Crippen molar-refractivity contribution in [3.05, 3.63) is 59.2 Å². The number of rotatable bonds is 4. The Morgan fingerprint density at radius 2 is 1.95 bits per heavy atom. The van der Waals surface area contributed by atoms with Gasteiger partial charge in [0.1, 0.15) is 11.4 Å². The van der Waals surface area contributed by atoms with Gasteiger partial charge in [0, 0.05) is 24.2 Å². The SMILES string of the molecule is CC1(C)Cc2cc(CNc3ccc(C(N)=O)cc3)ccc2O1. The highest BCUT2D eigenvalue weighted by Crippen LogP contribution is 2.35. The van der Waals surface area contributed by atoms with Gasteiger partial charge in [-0.15, -0.1) is 0 Å². The van der Waals surface area contributed by atoms with E-state index in [1.807, 2.05) is 18.2 Å². The zero-order valence-electron chi connectivity index (χ0n) is 12.8. The molecule has 4 nitrogen and oxygen atoms in total. The molecule has 0 saturated heterocycles. The van der Waals surface area contributed by atoms with Gasteiger partial charge in [-0.05, 0) is 55.3 Å². The molecule has 3 N–H and O–H groups in total. The molecule has 4 heteroatoms. The van der Waals surface area contributed by atoms with E-state index < -0.39 is 5.91 Å². The lowest BCUT2D eigenvalue weighted by atomic mass is 10.0. The van der Waals surface area contributed by atoms with E-state index in [1.54, 1.807) is 12.1 Å². The average Bonchev–Trinajstić information content (AvgIpc) is 2.78. The largest absolute Gasteiger partial charge is 0.487 e. The Balaban J connectivity index is 1.66. The van der Waals surface area contributed by atoms with Crippen LogP contribution in [0.5, 0.6) is 5.75 Å². The molecule has 0 bridgehead atoms. The third kappa shape index (κ3) is 3.06. The molecule has 1 amide bonds. The van der Waals surface area contributed by atoms with Crippen LogP contribution in [0.25, 0.3) is 0 Å². The topological polar surface area (TPSA) is 64.3 Å². The summed E-state index contributed by atoms with van der Waals surface area (Å²) in [4.78, 5) is 11.0. The number of hydrogen-bond acceptors (Lipinski definition) is 3. The summed E-state index contributed by atoms with van der Waals surface area (Å²) in [6.07, 6.45) is 0.934. The van der Waals surface area contributed by atoms with Crippen molar-refractivity contribution in [2.75, 3.05) is 5.32 Å². The van der Waals surface area contributed by atoms with Gasteiger partial charge in [0.25, 0.3) is 0 Å².